The van der Waals surface area contributed by atoms with Crippen LogP contribution in [0.25, 0.3) is 0 Å². The van der Waals surface area contributed by atoms with Crippen LogP contribution in [0.3, 0.4) is 0 Å². The molecule has 1 aliphatic rings. The van der Waals surface area contributed by atoms with Crippen molar-refractivity contribution in [3.05, 3.63) is 29.8 Å². The van der Waals surface area contributed by atoms with Crippen molar-refractivity contribution in [1.82, 2.24) is 9.80 Å². The molecule has 0 bridgehead atoms. The summed E-state index contributed by atoms with van der Waals surface area (Å²) in [6.07, 6.45) is 1.15. The van der Waals surface area contributed by atoms with E-state index in [9.17, 15) is 0 Å². The lowest BCUT2D eigenvalue weighted by molar-refractivity contribution is 0.249. The Morgan fingerprint density at radius 1 is 1.42 bits per heavy atom. The van der Waals surface area contributed by atoms with Crippen LogP contribution in [0, 0.1) is 11.3 Å². The zero-order valence-corrected chi connectivity index (χ0v) is 11.7. The van der Waals surface area contributed by atoms with Crippen LogP contribution in [0.5, 0.6) is 5.75 Å². The highest BCUT2D eigenvalue weighted by molar-refractivity contribution is 5.27. The SMILES string of the molecule is COc1ccc(CN2CCC(N(C)CC#N)C2)cc1. The topological polar surface area (TPSA) is 39.5 Å². The molecule has 0 aromatic heterocycles. The molecule has 2 rings (SSSR count). The highest BCUT2D eigenvalue weighted by atomic mass is 16.5. The largest absolute Gasteiger partial charge is 0.497 e. The van der Waals surface area contributed by atoms with Gasteiger partial charge >= 0.3 is 0 Å². The molecular formula is C15H21N3O. The van der Waals surface area contributed by atoms with Crippen LogP contribution in [-0.4, -0.2) is 49.6 Å². The number of rotatable bonds is 5. The van der Waals surface area contributed by atoms with Gasteiger partial charge < -0.3 is 4.74 Å². The van der Waals surface area contributed by atoms with Gasteiger partial charge in [0.15, 0.2) is 0 Å². The van der Waals surface area contributed by atoms with Gasteiger partial charge in [-0.2, -0.15) is 5.26 Å². The van der Waals surface area contributed by atoms with E-state index in [4.69, 9.17) is 10.00 Å². The number of likely N-dealkylation sites (tertiary alicyclic amines) is 1. The number of nitriles is 1. The van der Waals surface area contributed by atoms with Crippen molar-refractivity contribution in [3.63, 3.8) is 0 Å². The minimum atomic E-state index is 0.512. The molecule has 1 aromatic carbocycles. The summed E-state index contributed by atoms with van der Waals surface area (Å²) in [6.45, 7) is 3.64. The van der Waals surface area contributed by atoms with Crippen molar-refractivity contribution < 1.29 is 4.74 Å². The van der Waals surface area contributed by atoms with E-state index in [1.165, 1.54) is 5.56 Å². The lowest BCUT2D eigenvalue weighted by Crippen LogP contribution is -2.34. The third-order valence-corrected chi connectivity index (χ3v) is 3.76. The standard InChI is InChI=1S/C15H21N3O/c1-17(10-8-16)14-7-9-18(12-14)11-13-3-5-15(19-2)6-4-13/h3-6,14H,7,9-12H2,1-2H3. The molecule has 102 valence electrons. The Balaban J connectivity index is 1.86. The van der Waals surface area contributed by atoms with Crippen LogP contribution in [-0.2, 0) is 6.54 Å². The summed E-state index contributed by atoms with van der Waals surface area (Å²) in [7, 11) is 3.72. The average Bonchev–Trinajstić information content (AvgIpc) is 2.88. The van der Waals surface area contributed by atoms with Gasteiger partial charge in [-0.3, -0.25) is 9.80 Å². The lowest BCUT2D eigenvalue weighted by atomic mass is 10.2. The van der Waals surface area contributed by atoms with Crippen molar-refractivity contribution >= 4 is 0 Å². The summed E-state index contributed by atoms with van der Waals surface area (Å²) < 4.78 is 5.16. The Labute approximate surface area is 115 Å². The van der Waals surface area contributed by atoms with Gasteiger partial charge in [-0.15, -0.1) is 0 Å². The number of nitrogens with zero attached hydrogens (tertiary/aromatic N) is 3. The van der Waals surface area contributed by atoms with Crippen LogP contribution in [0.2, 0.25) is 0 Å². The molecule has 0 N–H and O–H groups in total. The van der Waals surface area contributed by atoms with Crippen molar-refractivity contribution in [1.29, 1.82) is 5.26 Å². The second-order valence-electron chi connectivity index (χ2n) is 5.10. The molecule has 0 amide bonds. The first-order chi connectivity index (χ1) is 9.22. The maximum absolute atomic E-state index is 8.73. The highest BCUT2D eigenvalue weighted by Gasteiger charge is 2.25. The summed E-state index contributed by atoms with van der Waals surface area (Å²) >= 11 is 0. The van der Waals surface area contributed by atoms with Gasteiger partial charge in [0.2, 0.25) is 0 Å². The molecule has 19 heavy (non-hydrogen) atoms. The summed E-state index contributed by atoms with van der Waals surface area (Å²) in [5.74, 6) is 0.900. The van der Waals surface area contributed by atoms with Gasteiger partial charge in [0.25, 0.3) is 0 Å². The quantitative estimate of drug-likeness (QED) is 0.755. The Kier molecular flexibility index (Phi) is 4.78. The van der Waals surface area contributed by atoms with Crippen molar-refractivity contribution in [2.24, 2.45) is 0 Å². The summed E-state index contributed by atoms with van der Waals surface area (Å²) in [4.78, 5) is 4.59. The van der Waals surface area contributed by atoms with E-state index < -0.39 is 0 Å². The van der Waals surface area contributed by atoms with Crippen molar-refractivity contribution in [3.8, 4) is 11.8 Å². The molecule has 1 fully saturated rings. The number of hydrogen-bond donors (Lipinski definition) is 0. The second-order valence-corrected chi connectivity index (χ2v) is 5.10. The number of likely N-dealkylation sites (N-methyl/N-ethyl adjacent to an activating group) is 1. The fraction of sp³-hybridized carbons (Fsp3) is 0.533. The minimum absolute atomic E-state index is 0.512. The van der Waals surface area contributed by atoms with E-state index in [1.807, 2.05) is 19.2 Å². The third kappa shape index (κ3) is 3.69. The molecule has 4 heteroatoms. The smallest absolute Gasteiger partial charge is 0.118 e. The molecule has 0 saturated carbocycles. The van der Waals surface area contributed by atoms with E-state index >= 15 is 0 Å². The van der Waals surface area contributed by atoms with Gasteiger partial charge in [0, 0.05) is 25.7 Å². The van der Waals surface area contributed by atoms with E-state index in [0.29, 0.717) is 12.6 Å². The molecule has 4 nitrogen and oxygen atoms in total. The van der Waals surface area contributed by atoms with Crippen molar-refractivity contribution in [2.45, 2.75) is 19.0 Å². The maximum atomic E-state index is 8.73. The van der Waals surface area contributed by atoms with Crippen LogP contribution in [0.4, 0.5) is 0 Å². The Bertz CT molecular complexity index is 438. The summed E-state index contributed by atoms with van der Waals surface area (Å²) in [5, 5.41) is 8.73. The summed E-state index contributed by atoms with van der Waals surface area (Å²) in [5.41, 5.74) is 1.31. The number of ether oxygens (including phenoxy) is 1. The van der Waals surface area contributed by atoms with Gasteiger partial charge in [-0.1, -0.05) is 12.1 Å². The molecule has 1 aromatic rings. The maximum Gasteiger partial charge on any atom is 0.118 e. The monoisotopic (exact) mass is 259 g/mol. The van der Waals surface area contributed by atoms with Gasteiger partial charge in [0.05, 0.1) is 19.7 Å². The molecule has 1 heterocycles. The first-order valence-corrected chi connectivity index (χ1v) is 6.65. The zero-order chi connectivity index (χ0) is 13.7. The zero-order valence-electron chi connectivity index (χ0n) is 11.7. The van der Waals surface area contributed by atoms with E-state index in [1.54, 1.807) is 7.11 Å². The number of benzene rings is 1. The summed E-state index contributed by atoms with van der Waals surface area (Å²) in [6, 6.07) is 11.0. The fourth-order valence-electron chi connectivity index (χ4n) is 2.55. The Morgan fingerprint density at radius 2 is 2.16 bits per heavy atom. The minimum Gasteiger partial charge on any atom is -0.497 e. The Hall–Kier alpha value is -1.57. The van der Waals surface area contributed by atoms with E-state index in [-0.39, 0.29) is 0 Å². The lowest BCUT2D eigenvalue weighted by Gasteiger charge is -2.22. The second kappa shape index (κ2) is 6.55. The molecular weight excluding hydrogens is 238 g/mol. The Morgan fingerprint density at radius 3 is 2.79 bits per heavy atom. The molecule has 1 atom stereocenters. The number of methoxy groups -OCH3 is 1. The van der Waals surface area contributed by atoms with Gasteiger partial charge in [-0.25, -0.2) is 0 Å². The van der Waals surface area contributed by atoms with Gasteiger partial charge in [0.1, 0.15) is 5.75 Å². The highest BCUT2D eigenvalue weighted by Crippen LogP contribution is 2.18. The van der Waals surface area contributed by atoms with Crippen LogP contribution < -0.4 is 4.74 Å². The predicted molar refractivity (Wildman–Crippen MR) is 74.9 cm³/mol. The van der Waals surface area contributed by atoms with Crippen LogP contribution >= 0.6 is 0 Å². The molecule has 0 aliphatic carbocycles. The van der Waals surface area contributed by atoms with Crippen LogP contribution in [0.15, 0.2) is 24.3 Å². The molecule has 0 radical (unpaired) electrons. The van der Waals surface area contributed by atoms with Crippen LogP contribution in [0.1, 0.15) is 12.0 Å². The van der Waals surface area contributed by atoms with E-state index in [0.717, 1.165) is 31.8 Å². The van der Waals surface area contributed by atoms with Crippen molar-refractivity contribution in [2.75, 3.05) is 33.8 Å². The first kappa shape index (κ1) is 13.9. The van der Waals surface area contributed by atoms with E-state index in [2.05, 4.69) is 28.0 Å². The average molecular weight is 259 g/mol. The predicted octanol–water partition coefficient (Wildman–Crippen LogP) is 1.72. The normalized spacial score (nSPS) is 19.6. The molecule has 1 aliphatic heterocycles. The third-order valence-electron chi connectivity index (χ3n) is 3.76. The number of hydrogen-bond acceptors (Lipinski definition) is 4. The fourth-order valence-corrected chi connectivity index (χ4v) is 2.55. The van der Waals surface area contributed by atoms with Gasteiger partial charge in [-0.05, 0) is 31.2 Å². The first-order valence-electron chi connectivity index (χ1n) is 6.65. The molecule has 1 saturated heterocycles. The molecule has 0 spiro atoms. The molecule has 1 unspecified atom stereocenters.